The number of benzene rings is 2. The third kappa shape index (κ3) is 4.66. The Morgan fingerprint density at radius 1 is 1.11 bits per heavy atom. The number of aromatic nitrogens is 2. The summed E-state index contributed by atoms with van der Waals surface area (Å²) in [4.78, 5) is 16.5. The Morgan fingerprint density at radius 2 is 1.78 bits per heavy atom. The summed E-state index contributed by atoms with van der Waals surface area (Å²) < 4.78 is 33.8. The molecule has 27 heavy (non-hydrogen) atoms. The van der Waals surface area contributed by atoms with Crippen LogP contribution in [0.5, 0.6) is 5.75 Å². The SMILES string of the molecule is Cc1noc(-c2ccc(C(=O)NC(C)c3ccc(OC(F)F)cc3)cc2)n1. The molecule has 1 N–H and O–H groups in total. The van der Waals surface area contributed by atoms with E-state index in [2.05, 4.69) is 20.2 Å². The third-order valence-electron chi connectivity index (χ3n) is 3.87. The predicted molar refractivity (Wildman–Crippen MR) is 93.4 cm³/mol. The second-order valence-corrected chi connectivity index (χ2v) is 5.87. The first-order valence-electron chi connectivity index (χ1n) is 8.19. The molecule has 2 aromatic carbocycles. The maximum absolute atomic E-state index is 12.4. The molecule has 140 valence electrons. The Kier molecular flexibility index (Phi) is 5.44. The number of carbonyl (C=O) groups is 1. The van der Waals surface area contributed by atoms with Gasteiger partial charge in [0, 0.05) is 11.1 Å². The van der Waals surface area contributed by atoms with Gasteiger partial charge in [-0.05, 0) is 55.8 Å². The highest BCUT2D eigenvalue weighted by atomic mass is 19.3. The average molecular weight is 373 g/mol. The van der Waals surface area contributed by atoms with Gasteiger partial charge in [-0.1, -0.05) is 17.3 Å². The monoisotopic (exact) mass is 373 g/mol. The molecule has 1 amide bonds. The van der Waals surface area contributed by atoms with Gasteiger partial charge in [-0.3, -0.25) is 4.79 Å². The molecule has 3 aromatic rings. The van der Waals surface area contributed by atoms with E-state index in [1.807, 2.05) is 0 Å². The number of nitrogens with one attached hydrogen (secondary N) is 1. The molecule has 0 fully saturated rings. The number of carbonyl (C=O) groups excluding carboxylic acids is 1. The van der Waals surface area contributed by atoms with Gasteiger partial charge in [-0.25, -0.2) is 0 Å². The van der Waals surface area contributed by atoms with Crippen LogP contribution in [0.2, 0.25) is 0 Å². The lowest BCUT2D eigenvalue weighted by atomic mass is 10.1. The third-order valence-corrected chi connectivity index (χ3v) is 3.87. The van der Waals surface area contributed by atoms with Gasteiger partial charge in [0.2, 0.25) is 0 Å². The lowest BCUT2D eigenvalue weighted by Crippen LogP contribution is -2.26. The number of rotatable bonds is 6. The largest absolute Gasteiger partial charge is 0.435 e. The van der Waals surface area contributed by atoms with Gasteiger partial charge < -0.3 is 14.6 Å². The molecule has 1 unspecified atom stereocenters. The second-order valence-electron chi connectivity index (χ2n) is 5.87. The van der Waals surface area contributed by atoms with E-state index in [0.717, 1.165) is 11.1 Å². The molecule has 6 nitrogen and oxygen atoms in total. The van der Waals surface area contributed by atoms with Crippen molar-refractivity contribution in [2.24, 2.45) is 0 Å². The van der Waals surface area contributed by atoms with Crippen molar-refractivity contribution in [1.82, 2.24) is 15.5 Å². The Hall–Kier alpha value is -3.29. The van der Waals surface area contributed by atoms with E-state index >= 15 is 0 Å². The van der Waals surface area contributed by atoms with Crippen molar-refractivity contribution in [3.8, 4) is 17.2 Å². The number of hydrogen-bond acceptors (Lipinski definition) is 5. The zero-order valence-electron chi connectivity index (χ0n) is 14.6. The van der Waals surface area contributed by atoms with E-state index in [1.54, 1.807) is 50.2 Å². The first kappa shape index (κ1) is 18.5. The molecule has 1 heterocycles. The second kappa shape index (κ2) is 7.94. The topological polar surface area (TPSA) is 77.2 Å². The number of nitrogens with zero attached hydrogens (tertiary/aromatic N) is 2. The van der Waals surface area contributed by atoms with Gasteiger partial charge in [0.15, 0.2) is 5.82 Å². The van der Waals surface area contributed by atoms with E-state index in [1.165, 1.54) is 12.1 Å². The smallest absolute Gasteiger partial charge is 0.387 e. The van der Waals surface area contributed by atoms with Crippen molar-refractivity contribution in [3.63, 3.8) is 0 Å². The summed E-state index contributed by atoms with van der Waals surface area (Å²) >= 11 is 0. The molecule has 3 rings (SSSR count). The number of halogens is 2. The van der Waals surface area contributed by atoms with Crippen LogP contribution < -0.4 is 10.1 Å². The Morgan fingerprint density at radius 3 is 2.33 bits per heavy atom. The molecular weight excluding hydrogens is 356 g/mol. The van der Waals surface area contributed by atoms with Crippen molar-refractivity contribution in [1.29, 1.82) is 0 Å². The van der Waals surface area contributed by atoms with Crippen LogP contribution in [-0.4, -0.2) is 22.7 Å². The normalized spacial score (nSPS) is 12.0. The Labute approximate surface area is 154 Å². The van der Waals surface area contributed by atoms with Crippen LogP contribution in [0.15, 0.2) is 53.1 Å². The highest BCUT2D eigenvalue weighted by molar-refractivity contribution is 5.94. The van der Waals surface area contributed by atoms with Crippen molar-refractivity contribution in [2.45, 2.75) is 26.5 Å². The van der Waals surface area contributed by atoms with Crippen molar-refractivity contribution < 1.29 is 22.8 Å². The molecule has 0 aliphatic rings. The van der Waals surface area contributed by atoms with E-state index in [0.29, 0.717) is 17.3 Å². The molecule has 8 heteroatoms. The molecule has 0 bridgehead atoms. The summed E-state index contributed by atoms with van der Waals surface area (Å²) in [7, 11) is 0. The molecule has 0 aliphatic carbocycles. The summed E-state index contributed by atoms with van der Waals surface area (Å²) in [5.74, 6) is 0.729. The van der Waals surface area contributed by atoms with Crippen molar-refractivity contribution in [3.05, 3.63) is 65.5 Å². The van der Waals surface area contributed by atoms with Crippen molar-refractivity contribution in [2.75, 3.05) is 0 Å². The first-order valence-corrected chi connectivity index (χ1v) is 8.19. The predicted octanol–water partition coefficient (Wildman–Crippen LogP) is 4.14. The summed E-state index contributed by atoms with van der Waals surface area (Å²) in [6.45, 7) is 0.658. The van der Waals surface area contributed by atoms with Gasteiger partial charge in [0.05, 0.1) is 6.04 Å². The van der Waals surface area contributed by atoms with Crippen LogP contribution in [0, 0.1) is 6.92 Å². The number of alkyl halides is 2. The average Bonchev–Trinajstić information content (AvgIpc) is 3.08. The molecule has 0 saturated heterocycles. The van der Waals surface area contributed by atoms with E-state index in [4.69, 9.17) is 4.52 Å². The Bertz CT molecular complexity index is 909. The number of ether oxygens (including phenoxy) is 1. The van der Waals surface area contributed by atoms with E-state index in [-0.39, 0.29) is 17.7 Å². The fourth-order valence-electron chi connectivity index (χ4n) is 2.48. The molecule has 0 radical (unpaired) electrons. The number of amides is 1. The molecule has 0 aliphatic heterocycles. The molecule has 1 aromatic heterocycles. The first-order chi connectivity index (χ1) is 12.9. The van der Waals surface area contributed by atoms with Gasteiger partial charge in [0.25, 0.3) is 11.8 Å². The summed E-state index contributed by atoms with van der Waals surface area (Å²) in [5, 5.41) is 6.59. The van der Waals surface area contributed by atoms with Crippen LogP contribution in [-0.2, 0) is 0 Å². The van der Waals surface area contributed by atoms with Crippen molar-refractivity contribution >= 4 is 5.91 Å². The molecule has 1 atom stereocenters. The summed E-state index contributed by atoms with van der Waals surface area (Å²) in [6, 6.07) is 12.6. The minimum absolute atomic E-state index is 0.0686. The molecule has 0 spiro atoms. The van der Waals surface area contributed by atoms with Crippen LogP contribution in [0.4, 0.5) is 8.78 Å². The highest BCUT2D eigenvalue weighted by Gasteiger charge is 2.13. The zero-order valence-corrected chi connectivity index (χ0v) is 14.6. The Balaban J connectivity index is 1.64. The van der Waals surface area contributed by atoms with Crippen LogP contribution in [0.1, 0.15) is 34.7 Å². The zero-order chi connectivity index (χ0) is 19.4. The van der Waals surface area contributed by atoms with Crippen LogP contribution >= 0.6 is 0 Å². The maximum atomic E-state index is 12.4. The van der Waals surface area contributed by atoms with E-state index < -0.39 is 6.61 Å². The lowest BCUT2D eigenvalue weighted by molar-refractivity contribution is -0.0498. The van der Waals surface area contributed by atoms with Crippen LogP contribution in [0.25, 0.3) is 11.5 Å². The minimum Gasteiger partial charge on any atom is -0.435 e. The molecular formula is C19H17F2N3O3. The standard InChI is InChI=1S/C19H17F2N3O3/c1-11(13-7-9-16(10-8-13)26-19(20)21)22-17(25)14-3-5-15(6-4-14)18-23-12(2)24-27-18/h3-11,19H,1-2H3,(H,22,25). The fourth-order valence-corrected chi connectivity index (χ4v) is 2.48. The maximum Gasteiger partial charge on any atom is 0.387 e. The minimum atomic E-state index is -2.87. The van der Waals surface area contributed by atoms with E-state index in [9.17, 15) is 13.6 Å². The number of aryl methyl sites for hydroxylation is 1. The summed E-state index contributed by atoms with van der Waals surface area (Å²) in [6.07, 6.45) is 0. The van der Waals surface area contributed by atoms with Gasteiger partial charge >= 0.3 is 6.61 Å². The van der Waals surface area contributed by atoms with Crippen LogP contribution in [0.3, 0.4) is 0 Å². The summed E-state index contributed by atoms with van der Waals surface area (Å²) in [5.41, 5.74) is 1.96. The van der Waals surface area contributed by atoms with Gasteiger partial charge in [-0.2, -0.15) is 13.8 Å². The fraction of sp³-hybridized carbons (Fsp3) is 0.211. The number of hydrogen-bond donors (Lipinski definition) is 1. The van der Waals surface area contributed by atoms with Gasteiger partial charge in [-0.15, -0.1) is 0 Å². The lowest BCUT2D eigenvalue weighted by Gasteiger charge is -2.15. The van der Waals surface area contributed by atoms with Gasteiger partial charge in [0.1, 0.15) is 5.75 Å². The quantitative estimate of drug-likeness (QED) is 0.703. The molecule has 0 saturated carbocycles. The highest BCUT2D eigenvalue weighted by Crippen LogP contribution is 2.21.